The fourth-order valence-corrected chi connectivity index (χ4v) is 4.01. The predicted octanol–water partition coefficient (Wildman–Crippen LogP) is 3.67. The predicted molar refractivity (Wildman–Crippen MR) is 112 cm³/mol. The van der Waals surface area contributed by atoms with Gasteiger partial charge in [-0.05, 0) is 26.0 Å². The molecule has 3 aromatic rings. The molecular formula is C18H22N6O2S2. The summed E-state index contributed by atoms with van der Waals surface area (Å²) in [6, 6.07) is 7.66. The van der Waals surface area contributed by atoms with Crippen LogP contribution >= 0.6 is 23.1 Å². The third kappa shape index (κ3) is 4.82. The number of carbonyl (C=O) groups excluding carboxylic acids is 1. The Hall–Kier alpha value is -2.59. The summed E-state index contributed by atoms with van der Waals surface area (Å²) in [4.78, 5) is 16.1. The van der Waals surface area contributed by atoms with Crippen molar-refractivity contribution in [3.63, 3.8) is 0 Å². The summed E-state index contributed by atoms with van der Waals surface area (Å²) in [6.07, 6.45) is 1.66. The van der Waals surface area contributed by atoms with Crippen molar-refractivity contribution in [1.82, 2.24) is 19.7 Å². The van der Waals surface area contributed by atoms with E-state index in [-0.39, 0.29) is 17.7 Å². The highest BCUT2D eigenvalue weighted by molar-refractivity contribution is 7.99. The van der Waals surface area contributed by atoms with Crippen LogP contribution < -0.4 is 15.4 Å². The van der Waals surface area contributed by atoms with Crippen LogP contribution in [0.25, 0.3) is 0 Å². The zero-order chi connectivity index (χ0) is 19.9. The lowest BCUT2D eigenvalue weighted by atomic mass is 10.2. The van der Waals surface area contributed by atoms with Crippen molar-refractivity contribution in [2.45, 2.75) is 31.6 Å². The van der Waals surface area contributed by atoms with Crippen LogP contribution in [0.3, 0.4) is 0 Å². The Morgan fingerprint density at radius 2 is 2.18 bits per heavy atom. The number of hydrogen-bond donors (Lipinski definition) is 2. The van der Waals surface area contributed by atoms with Gasteiger partial charge in [-0.2, -0.15) is 0 Å². The van der Waals surface area contributed by atoms with Gasteiger partial charge in [-0.1, -0.05) is 23.9 Å². The van der Waals surface area contributed by atoms with E-state index >= 15 is 0 Å². The number of amides is 1. The summed E-state index contributed by atoms with van der Waals surface area (Å²) >= 11 is 2.74. The fraction of sp³-hybridized carbons (Fsp3) is 0.333. The Kier molecular flexibility index (Phi) is 6.88. The van der Waals surface area contributed by atoms with Gasteiger partial charge >= 0.3 is 0 Å². The highest BCUT2D eigenvalue weighted by Crippen LogP contribution is 2.28. The molecule has 0 unspecified atom stereocenters. The average molecular weight is 419 g/mol. The molecule has 0 aliphatic rings. The largest absolute Gasteiger partial charge is 0.495 e. The van der Waals surface area contributed by atoms with Gasteiger partial charge in [0.2, 0.25) is 5.91 Å². The first-order valence-corrected chi connectivity index (χ1v) is 10.6. The van der Waals surface area contributed by atoms with E-state index in [0.717, 1.165) is 17.3 Å². The Balaban J connectivity index is 1.66. The minimum absolute atomic E-state index is 0.0813. The van der Waals surface area contributed by atoms with Gasteiger partial charge in [0, 0.05) is 18.1 Å². The fourth-order valence-electron chi connectivity index (χ4n) is 2.66. The molecule has 10 heteroatoms. The quantitative estimate of drug-likeness (QED) is 0.512. The van der Waals surface area contributed by atoms with Crippen molar-refractivity contribution in [2.75, 3.05) is 23.5 Å². The van der Waals surface area contributed by atoms with E-state index in [9.17, 15) is 4.79 Å². The number of ether oxygens (including phenoxy) is 1. The van der Waals surface area contributed by atoms with Crippen LogP contribution in [0.5, 0.6) is 5.75 Å². The zero-order valence-corrected chi connectivity index (χ0v) is 17.5. The second-order valence-corrected chi connectivity index (χ2v) is 7.66. The first kappa shape index (κ1) is 20.2. The van der Waals surface area contributed by atoms with E-state index in [2.05, 4.69) is 25.8 Å². The number of benzene rings is 1. The summed E-state index contributed by atoms with van der Waals surface area (Å²) in [6.45, 7) is 4.76. The molecule has 2 heterocycles. The van der Waals surface area contributed by atoms with Crippen molar-refractivity contribution in [2.24, 2.45) is 0 Å². The molecule has 28 heavy (non-hydrogen) atoms. The van der Waals surface area contributed by atoms with E-state index in [1.807, 2.05) is 48.1 Å². The van der Waals surface area contributed by atoms with Gasteiger partial charge in [0.25, 0.3) is 0 Å². The van der Waals surface area contributed by atoms with Gasteiger partial charge in [-0.15, -0.1) is 21.5 Å². The molecule has 0 fully saturated rings. The second-order valence-electron chi connectivity index (χ2n) is 5.83. The molecule has 0 bridgehead atoms. The van der Waals surface area contributed by atoms with E-state index in [4.69, 9.17) is 4.74 Å². The van der Waals surface area contributed by atoms with Gasteiger partial charge in [0.05, 0.1) is 24.6 Å². The highest BCUT2D eigenvalue weighted by Gasteiger charge is 2.19. The molecule has 0 aliphatic heterocycles. The van der Waals surface area contributed by atoms with Crippen LogP contribution in [0.15, 0.2) is 41.0 Å². The second kappa shape index (κ2) is 9.56. The maximum absolute atomic E-state index is 12.1. The third-order valence-corrected chi connectivity index (χ3v) is 5.59. The summed E-state index contributed by atoms with van der Waals surface area (Å²) in [5.74, 6) is 1.69. The van der Waals surface area contributed by atoms with Crippen LogP contribution in [0, 0.1) is 0 Å². The van der Waals surface area contributed by atoms with Gasteiger partial charge in [-0.3, -0.25) is 4.79 Å². The van der Waals surface area contributed by atoms with Crippen LogP contribution in [-0.4, -0.2) is 38.5 Å². The van der Waals surface area contributed by atoms with E-state index < -0.39 is 0 Å². The summed E-state index contributed by atoms with van der Waals surface area (Å²) in [7, 11) is 1.64. The Labute approximate surface area is 171 Å². The van der Waals surface area contributed by atoms with Crippen molar-refractivity contribution in [1.29, 1.82) is 0 Å². The lowest BCUT2D eigenvalue weighted by molar-refractivity contribution is -0.113. The number of carbonyl (C=O) groups is 1. The lowest BCUT2D eigenvalue weighted by Crippen LogP contribution is -2.16. The molecule has 2 aromatic heterocycles. The van der Waals surface area contributed by atoms with E-state index in [1.165, 1.54) is 23.1 Å². The van der Waals surface area contributed by atoms with Crippen molar-refractivity contribution < 1.29 is 9.53 Å². The van der Waals surface area contributed by atoms with Gasteiger partial charge in [-0.25, -0.2) is 4.98 Å². The molecule has 0 aliphatic carbocycles. The van der Waals surface area contributed by atoms with Crippen molar-refractivity contribution in [3.8, 4) is 5.75 Å². The number of nitrogens with zero attached hydrogens (tertiary/aromatic N) is 4. The monoisotopic (exact) mass is 418 g/mol. The lowest BCUT2D eigenvalue weighted by Gasteiger charge is -2.18. The molecule has 3 rings (SSSR count). The van der Waals surface area contributed by atoms with Crippen LogP contribution in [-0.2, 0) is 11.3 Å². The molecule has 1 atom stereocenters. The highest BCUT2D eigenvalue weighted by atomic mass is 32.2. The maximum Gasteiger partial charge on any atom is 0.236 e. The smallest absolute Gasteiger partial charge is 0.236 e. The molecular weight excluding hydrogens is 396 g/mol. The summed E-state index contributed by atoms with van der Waals surface area (Å²) in [5, 5.41) is 17.9. The third-order valence-electron chi connectivity index (χ3n) is 3.94. The van der Waals surface area contributed by atoms with E-state index in [0.29, 0.717) is 16.8 Å². The molecule has 148 valence electrons. The number of methoxy groups -OCH3 is 1. The summed E-state index contributed by atoms with van der Waals surface area (Å²) < 4.78 is 7.40. The molecule has 2 N–H and O–H groups in total. The molecule has 1 amide bonds. The number of aromatic nitrogens is 4. The van der Waals surface area contributed by atoms with Crippen LogP contribution in [0.1, 0.15) is 25.7 Å². The topological polar surface area (TPSA) is 94.0 Å². The van der Waals surface area contributed by atoms with Gasteiger partial charge in [0.1, 0.15) is 5.75 Å². The molecule has 0 saturated heterocycles. The number of nitrogens with one attached hydrogen (secondary N) is 2. The minimum Gasteiger partial charge on any atom is -0.495 e. The standard InChI is InChI=1S/C18H22N6O2S2/c1-4-24-16(12(2)20-13-7-5-6-8-14(13)26-3)22-23-18(24)28-11-15(25)21-17-19-9-10-27-17/h5-10,12,20H,4,11H2,1-3H3,(H,19,21,25)/t12-/m0/s1. The first-order chi connectivity index (χ1) is 13.6. The Bertz CT molecular complexity index is 913. The van der Waals surface area contributed by atoms with Crippen LogP contribution in [0.2, 0.25) is 0 Å². The minimum atomic E-state index is -0.118. The number of hydrogen-bond acceptors (Lipinski definition) is 8. The number of para-hydroxylation sites is 2. The Morgan fingerprint density at radius 1 is 1.36 bits per heavy atom. The maximum atomic E-state index is 12.1. The zero-order valence-electron chi connectivity index (χ0n) is 15.9. The van der Waals surface area contributed by atoms with Crippen LogP contribution in [0.4, 0.5) is 10.8 Å². The average Bonchev–Trinajstić information content (AvgIpc) is 3.36. The van der Waals surface area contributed by atoms with Gasteiger partial charge in [0.15, 0.2) is 16.1 Å². The number of anilines is 2. The molecule has 0 radical (unpaired) electrons. The van der Waals surface area contributed by atoms with Crippen molar-refractivity contribution in [3.05, 3.63) is 41.7 Å². The van der Waals surface area contributed by atoms with Gasteiger partial charge < -0.3 is 19.9 Å². The SMILES string of the molecule is CCn1c(SCC(=O)Nc2nccs2)nnc1[C@H](C)Nc1ccccc1OC. The molecule has 0 spiro atoms. The first-order valence-electron chi connectivity index (χ1n) is 8.77. The van der Waals surface area contributed by atoms with Crippen molar-refractivity contribution >= 4 is 39.8 Å². The number of rotatable bonds is 9. The number of thiazole rings is 1. The summed E-state index contributed by atoms with van der Waals surface area (Å²) in [5.41, 5.74) is 0.889. The molecule has 0 saturated carbocycles. The normalized spacial score (nSPS) is 11.8. The number of thioether (sulfide) groups is 1. The molecule has 8 nitrogen and oxygen atoms in total. The molecule has 1 aromatic carbocycles. The van der Waals surface area contributed by atoms with E-state index in [1.54, 1.807) is 13.3 Å². The Morgan fingerprint density at radius 3 is 2.89 bits per heavy atom.